The molecule has 0 bridgehead atoms. The summed E-state index contributed by atoms with van der Waals surface area (Å²) in [4.78, 5) is 0. The fraction of sp³-hybridized carbons (Fsp3) is 0.538. The van der Waals surface area contributed by atoms with Crippen LogP contribution in [0.5, 0.6) is 0 Å². The zero-order valence-electron chi connectivity index (χ0n) is 11.0. The van der Waals surface area contributed by atoms with Crippen LogP contribution in [0.1, 0.15) is 19.4 Å². The normalized spacial score (nSPS) is 11.7. The Morgan fingerprint density at radius 1 is 1.00 bits per heavy atom. The van der Waals surface area contributed by atoms with E-state index in [9.17, 15) is 4.39 Å². The molecular formula is C13H21FO3Si. The van der Waals surface area contributed by atoms with Crippen LogP contribution in [0.15, 0.2) is 30.3 Å². The highest BCUT2D eigenvalue weighted by molar-refractivity contribution is 6.60. The van der Waals surface area contributed by atoms with E-state index >= 15 is 0 Å². The van der Waals surface area contributed by atoms with Crippen LogP contribution < -0.4 is 0 Å². The summed E-state index contributed by atoms with van der Waals surface area (Å²) in [6, 6.07) is 10.5. The van der Waals surface area contributed by atoms with Gasteiger partial charge in [0.1, 0.15) is 6.67 Å². The minimum atomic E-state index is -2.80. The lowest BCUT2D eigenvalue weighted by Crippen LogP contribution is -2.49. The topological polar surface area (TPSA) is 27.7 Å². The van der Waals surface area contributed by atoms with E-state index in [1.54, 1.807) is 0 Å². The second-order valence-electron chi connectivity index (χ2n) is 3.75. The Balaban J connectivity index is 2.79. The summed E-state index contributed by atoms with van der Waals surface area (Å²) in [5, 5.41) is 0. The van der Waals surface area contributed by atoms with Gasteiger partial charge in [0.25, 0.3) is 0 Å². The number of hydrogen-bond donors (Lipinski definition) is 0. The lowest BCUT2D eigenvalue weighted by Gasteiger charge is -2.28. The Hall–Kier alpha value is -0.753. The average Bonchev–Trinajstić information content (AvgIpc) is 2.38. The summed E-state index contributed by atoms with van der Waals surface area (Å²) < 4.78 is 29.3. The molecule has 5 heteroatoms. The number of hydrogen-bond acceptors (Lipinski definition) is 3. The maximum absolute atomic E-state index is 12.3. The first-order valence-electron chi connectivity index (χ1n) is 6.28. The van der Waals surface area contributed by atoms with Gasteiger partial charge in [-0.25, -0.2) is 4.39 Å². The molecule has 0 saturated carbocycles. The van der Waals surface area contributed by atoms with E-state index in [4.69, 9.17) is 13.3 Å². The summed E-state index contributed by atoms with van der Waals surface area (Å²) in [6.45, 7) is 4.30. The number of rotatable bonds is 9. The van der Waals surface area contributed by atoms with Crippen molar-refractivity contribution in [3.05, 3.63) is 35.9 Å². The van der Waals surface area contributed by atoms with Crippen LogP contribution in [0.25, 0.3) is 0 Å². The van der Waals surface area contributed by atoms with Gasteiger partial charge in [-0.3, -0.25) is 0 Å². The fourth-order valence-corrected chi connectivity index (χ4v) is 4.32. The largest absolute Gasteiger partial charge is 0.505 e. The minimum absolute atomic E-state index is 0.0268. The monoisotopic (exact) mass is 272 g/mol. The third kappa shape index (κ3) is 4.86. The molecule has 3 nitrogen and oxygen atoms in total. The molecule has 0 N–H and O–H groups in total. The highest BCUT2D eigenvalue weighted by atomic mass is 28.4. The predicted molar refractivity (Wildman–Crippen MR) is 71.1 cm³/mol. The van der Waals surface area contributed by atoms with Crippen molar-refractivity contribution < 1.29 is 17.7 Å². The van der Waals surface area contributed by atoms with Crippen LogP contribution in [0, 0.1) is 0 Å². The Morgan fingerprint density at radius 3 is 2.11 bits per heavy atom. The highest BCUT2D eigenvalue weighted by Crippen LogP contribution is 2.17. The van der Waals surface area contributed by atoms with Gasteiger partial charge < -0.3 is 13.3 Å². The second kappa shape index (κ2) is 8.37. The standard InChI is InChI=1S/C13H21FO3Si/c1-3-15-18(16-4-2,17-11-10-14)12-13-8-6-5-7-9-13/h5-9H,3-4,10-12H2,1-2H3. The molecule has 0 saturated heterocycles. The molecule has 0 amide bonds. The van der Waals surface area contributed by atoms with Crippen LogP contribution in [-0.4, -0.2) is 35.3 Å². The average molecular weight is 272 g/mol. The van der Waals surface area contributed by atoms with E-state index in [0.29, 0.717) is 19.3 Å². The van der Waals surface area contributed by atoms with Crippen LogP contribution in [0.4, 0.5) is 4.39 Å². The third-order valence-corrected chi connectivity index (χ3v) is 5.33. The Bertz CT molecular complexity index is 315. The van der Waals surface area contributed by atoms with E-state index in [1.807, 2.05) is 44.2 Å². The maximum Gasteiger partial charge on any atom is 0.505 e. The van der Waals surface area contributed by atoms with Crippen molar-refractivity contribution in [3.8, 4) is 0 Å². The SMILES string of the molecule is CCO[Si](Cc1ccccc1)(OCC)OCCF. The van der Waals surface area contributed by atoms with E-state index in [2.05, 4.69) is 0 Å². The van der Waals surface area contributed by atoms with Gasteiger partial charge >= 0.3 is 8.80 Å². The van der Waals surface area contributed by atoms with Crippen LogP contribution in [0.3, 0.4) is 0 Å². The first kappa shape index (κ1) is 15.3. The van der Waals surface area contributed by atoms with Crippen molar-refractivity contribution in [2.75, 3.05) is 26.5 Å². The molecule has 0 fully saturated rings. The fourth-order valence-electron chi connectivity index (χ4n) is 1.76. The van der Waals surface area contributed by atoms with Gasteiger partial charge in [-0.1, -0.05) is 30.3 Å². The van der Waals surface area contributed by atoms with Gasteiger partial charge in [0.05, 0.1) is 6.61 Å². The van der Waals surface area contributed by atoms with Gasteiger partial charge in [-0.2, -0.15) is 0 Å². The van der Waals surface area contributed by atoms with Crippen molar-refractivity contribution in [2.24, 2.45) is 0 Å². The molecule has 0 atom stereocenters. The molecule has 0 aliphatic carbocycles. The lowest BCUT2D eigenvalue weighted by molar-refractivity contribution is 0.0615. The molecule has 0 aliphatic rings. The molecule has 0 radical (unpaired) electrons. The third-order valence-electron chi connectivity index (χ3n) is 2.39. The van der Waals surface area contributed by atoms with Crippen LogP contribution in [0.2, 0.25) is 0 Å². The first-order chi connectivity index (χ1) is 8.76. The summed E-state index contributed by atoms with van der Waals surface area (Å²) >= 11 is 0. The van der Waals surface area contributed by atoms with Crippen molar-refractivity contribution in [2.45, 2.75) is 19.9 Å². The van der Waals surface area contributed by atoms with E-state index in [1.165, 1.54) is 0 Å². The molecule has 102 valence electrons. The zero-order valence-corrected chi connectivity index (χ0v) is 12.0. The highest BCUT2D eigenvalue weighted by Gasteiger charge is 2.40. The van der Waals surface area contributed by atoms with Crippen molar-refractivity contribution in [1.29, 1.82) is 0 Å². The Morgan fingerprint density at radius 2 is 1.61 bits per heavy atom. The first-order valence-corrected chi connectivity index (χ1v) is 8.21. The number of halogens is 1. The van der Waals surface area contributed by atoms with Gasteiger partial charge in [0.15, 0.2) is 0 Å². The van der Waals surface area contributed by atoms with Gasteiger partial charge in [0, 0.05) is 19.3 Å². The van der Waals surface area contributed by atoms with E-state index in [-0.39, 0.29) is 6.61 Å². The Labute approximate surface area is 109 Å². The molecule has 1 rings (SSSR count). The van der Waals surface area contributed by atoms with Crippen LogP contribution >= 0.6 is 0 Å². The quantitative estimate of drug-likeness (QED) is 0.647. The minimum Gasteiger partial charge on any atom is -0.374 e. The van der Waals surface area contributed by atoms with E-state index in [0.717, 1.165) is 5.56 Å². The van der Waals surface area contributed by atoms with Crippen molar-refractivity contribution in [3.63, 3.8) is 0 Å². The molecule has 1 aromatic carbocycles. The number of alkyl halides is 1. The van der Waals surface area contributed by atoms with Crippen LogP contribution in [-0.2, 0) is 19.3 Å². The zero-order chi connectivity index (χ0) is 13.3. The molecule has 18 heavy (non-hydrogen) atoms. The molecule has 0 heterocycles. The van der Waals surface area contributed by atoms with Crippen molar-refractivity contribution in [1.82, 2.24) is 0 Å². The molecule has 0 aliphatic heterocycles. The predicted octanol–water partition coefficient (Wildman–Crippen LogP) is 2.77. The molecule has 0 spiro atoms. The smallest absolute Gasteiger partial charge is 0.374 e. The molecule has 1 aromatic rings. The van der Waals surface area contributed by atoms with E-state index < -0.39 is 15.5 Å². The molecule has 0 aromatic heterocycles. The maximum atomic E-state index is 12.3. The summed E-state index contributed by atoms with van der Waals surface area (Å²) in [5.74, 6) is 0. The molecular weight excluding hydrogens is 251 g/mol. The molecule has 0 unspecified atom stereocenters. The summed E-state index contributed by atoms with van der Waals surface area (Å²) in [5.41, 5.74) is 1.09. The van der Waals surface area contributed by atoms with Gasteiger partial charge in [-0.05, 0) is 19.4 Å². The number of benzene rings is 1. The van der Waals surface area contributed by atoms with Crippen molar-refractivity contribution >= 4 is 8.80 Å². The Kier molecular flexibility index (Phi) is 7.11. The second-order valence-corrected chi connectivity index (χ2v) is 6.33. The summed E-state index contributed by atoms with van der Waals surface area (Å²) in [6.07, 6.45) is 0. The lowest BCUT2D eigenvalue weighted by atomic mass is 10.2. The van der Waals surface area contributed by atoms with Gasteiger partial charge in [0.2, 0.25) is 0 Å². The van der Waals surface area contributed by atoms with Gasteiger partial charge in [-0.15, -0.1) is 0 Å². The summed E-state index contributed by atoms with van der Waals surface area (Å²) in [7, 11) is -2.80.